The lowest BCUT2D eigenvalue weighted by Crippen LogP contribution is -2.24. The molecule has 0 aliphatic heterocycles. The van der Waals surface area contributed by atoms with Crippen molar-refractivity contribution in [1.29, 1.82) is 0 Å². The van der Waals surface area contributed by atoms with E-state index in [0.29, 0.717) is 39.3 Å². The fourth-order valence-electron chi connectivity index (χ4n) is 3.58. The Morgan fingerprint density at radius 3 is 2.51 bits per heavy atom. The molecule has 0 aliphatic rings. The third-order valence-corrected chi connectivity index (χ3v) is 6.39. The van der Waals surface area contributed by atoms with Crippen molar-refractivity contribution >= 4 is 17.7 Å². The molecule has 0 bridgehead atoms. The predicted molar refractivity (Wildman–Crippen MR) is 133 cm³/mol. The van der Waals surface area contributed by atoms with Crippen molar-refractivity contribution in [3.8, 4) is 17.2 Å². The van der Waals surface area contributed by atoms with Crippen molar-refractivity contribution in [2.24, 2.45) is 0 Å². The van der Waals surface area contributed by atoms with Gasteiger partial charge in [0.15, 0.2) is 11.0 Å². The van der Waals surface area contributed by atoms with Crippen LogP contribution in [0.1, 0.15) is 27.3 Å². The Morgan fingerprint density at radius 2 is 1.76 bits per heavy atom. The average Bonchev–Trinajstić information content (AvgIpc) is 3.32. The minimum Gasteiger partial charge on any atom is -0.497 e. The molecule has 0 unspecified atom stereocenters. The Labute approximate surface area is 215 Å². The van der Waals surface area contributed by atoms with Crippen molar-refractivity contribution in [1.82, 2.24) is 20.1 Å². The van der Waals surface area contributed by atoms with Gasteiger partial charge in [-0.2, -0.15) is 13.2 Å². The van der Waals surface area contributed by atoms with E-state index >= 15 is 0 Å². The SMILES string of the molecule is COc1cccc(C(=O)NCc2nnc(SCc3cccc(C(F)(F)F)c3)n2-c2ccccc2OC)c1. The topological polar surface area (TPSA) is 78.3 Å². The van der Waals surface area contributed by atoms with Gasteiger partial charge in [-0.3, -0.25) is 9.36 Å². The largest absolute Gasteiger partial charge is 0.497 e. The number of thioether (sulfide) groups is 1. The Balaban J connectivity index is 1.60. The number of carbonyl (C=O) groups excluding carboxylic acids is 1. The molecule has 3 aromatic carbocycles. The van der Waals surface area contributed by atoms with Crippen molar-refractivity contribution in [3.05, 3.63) is 95.3 Å². The zero-order valence-corrected chi connectivity index (χ0v) is 20.8. The lowest BCUT2D eigenvalue weighted by molar-refractivity contribution is -0.137. The highest BCUT2D eigenvalue weighted by Gasteiger charge is 2.30. The molecule has 1 N–H and O–H groups in total. The van der Waals surface area contributed by atoms with Crippen LogP contribution in [0.2, 0.25) is 0 Å². The minimum absolute atomic E-state index is 0.0468. The molecule has 1 amide bonds. The second kappa shape index (κ2) is 11.4. The van der Waals surface area contributed by atoms with Gasteiger partial charge in [-0.15, -0.1) is 10.2 Å². The average molecular weight is 529 g/mol. The maximum absolute atomic E-state index is 13.1. The number of rotatable bonds is 9. The quantitative estimate of drug-likeness (QED) is 0.288. The van der Waals surface area contributed by atoms with Crippen molar-refractivity contribution < 1.29 is 27.4 Å². The lowest BCUT2D eigenvalue weighted by atomic mass is 10.1. The van der Waals surface area contributed by atoms with E-state index in [4.69, 9.17) is 9.47 Å². The van der Waals surface area contributed by atoms with Crippen molar-refractivity contribution in [2.45, 2.75) is 23.6 Å². The zero-order valence-electron chi connectivity index (χ0n) is 20.0. The summed E-state index contributed by atoms with van der Waals surface area (Å²) in [6.07, 6.45) is -4.42. The molecular formula is C26H23F3N4O3S. The van der Waals surface area contributed by atoms with Crippen LogP contribution >= 0.6 is 11.8 Å². The summed E-state index contributed by atoms with van der Waals surface area (Å²) in [6, 6.07) is 19.1. The number of carbonyl (C=O) groups is 1. The fraction of sp³-hybridized carbons (Fsp3) is 0.192. The third kappa shape index (κ3) is 6.23. The Kier molecular flexibility index (Phi) is 8.02. The summed E-state index contributed by atoms with van der Waals surface area (Å²) in [7, 11) is 3.05. The second-order valence-corrected chi connectivity index (χ2v) is 8.75. The van der Waals surface area contributed by atoms with E-state index in [0.717, 1.165) is 12.1 Å². The summed E-state index contributed by atoms with van der Waals surface area (Å²) in [4.78, 5) is 12.7. The number of methoxy groups -OCH3 is 2. The van der Waals surface area contributed by atoms with Gasteiger partial charge in [-0.25, -0.2) is 0 Å². The third-order valence-electron chi connectivity index (χ3n) is 5.39. The van der Waals surface area contributed by atoms with Gasteiger partial charge in [-0.05, 0) is 42.0 Å². The Morgan fingerprint density at radius 1 is 0.973 bits per heavy atom. The Hall–Kier alpha value is -3.99. The van der Waals surface area contributed by atoms with Crippen LogP contribution in [0.15, 0.2) is 78.0 Å². The summed E-state index contributed by atoms with van der Waals surface area (Å²) in [5.41, 5.74) is 0.828. The molecule has 37 heavy (non-hydrogen) atoms. The number of aromatic nitrogens is 3. The van der Waals surface area contributed by atoms with Crippen LogP contribution in [0, 0.1) is 0 Å². The first kappa shape index (κ1) is 26.1. The van der Waals surface area contributed by atoms with E-state index in [9.17, 15) is 18.0 Å². The van der Waals surface area contributed by atoms with Crippen LogP contribution in [0.25, 0.3) is 5.69 Å². The number of amides is 1. The molecule has 0 atom stereocenters. The van der Waals surface area contributed by atoms with Gasteiger partial charge >= 0.3 is 6.18 Å². The van der Waals surface area contributed by atoms with Crippen LogP contribution in [-0.2, 0) is 18.5 Å². The summed E-state index contributed by atoms with van der Waals surface area (Å²) >= 11 is 1.23. The van der Waals surface area contributed by atoms with Gasteiger partial charge in [0.05, 0.1) is 32.0 Å². The predicted octanol–water partition coefficient (Wildman–Crippen LogP) is 5.53. The zero-order chi connectivity index (χ0) is 26.4. The molecule has 0 radical (unpaired) electrons. The van der Waals surface area contributed by atoms with E-state index in [1.807, 2.05) is 18.2 Å². The van der Waals surface area contributed by atoms with E-state index in [1.165, 1.54) is 32.0 Å². The molecule has 0 fully saturated rings. The fourth-order valence-corrected chi connectivity index (χ4v) is 4.48. The summed E-state index contributed by atoms with van der Waals surface area (Å²) in [5, 5.41) is 11.8. The van der Waals surface area contributed by atoms with Gasteiger partial charge in [-0.1, -0.05) is 48.2 Å². The number of alkyl halides is 3. The molecule has 4 rings (SSSR count). The maximum Gasteiger partial charge on any atom is 0.416 e. The number of hydrogen-bond acceptors (Lipinski definition) is 6. The number of para-hydroxylation sites is 2. The molecule has 11 heteroatoms. The van der Waals surface area contributed by atoms with Gasteiger partial charge in [0.1, 0.15) is 11.5 Å². The van der Waals surface area contributed by atoms with Crippen LogP contribution in [-0.4, -0.2) is 34.9 Å². The van der Waals surface area contributed by atoms with E-state index in [2.05, 4.69) is 15.5 Å². The van der Waals surface area contributed by atoms with Crippen LogP contribution < -0.4 is 14.8 Å². The van der Waals surface area contributed by atoms with E-state index in [-0.39, 0.29) is 18.2 Å². The van der Waals surface area contributed by atoms with Gasteiger partial charge in [0.2, 0.25) is 0 Å². The highest BCUT2D eigenvalue weighted by molar-refractivity contribution is 7.98. The number of nitrogens with one attached hydrogen (secondary N) is 1. The summed E-state index contributed by atoms with van der Waals surface area (Å²) in [5.74, 6) is 1.42. The van der Waals surface area contributed by atoms with Gasteiger partial charge in [0.25, 0.3) is 5.91 Å². The smallest absolute Gasteiger partial charge is 0.416 e. The molecule has 0 spiro atoms. The maximum atomic E-state index is 13.1. The molecule has 0 saturated carbocycles. The molecule has 4 aromatic rings. The highest BCUT2D eigenvalue weighted by atomic mass is 32.2. The molecule has 0 saturated heterocycles. The summed E-state index contributed by atoms with van der Waals surface area (Å²) in [6.45, 7) is 0.0468. The van der Waals surface area contributed by atoms with E-state index in [1.54, 1.807) is 41.0 Å². The molecule has 1 heterocycles. The minimum atomic E-state index is -4.42. The second-order valence-electron chi connectivity index (χ2n) is 7.81. The van der Waals surface area contributed by atoms with Gasteiger partial charge < -0.3 is 14.8 Å². The van der Waals surface area contributed by atoms with Gasteiger partial charge in [0, 0.05) is 11.3 Å². The highest BCUT2D eigenvalue weighted by Crippen LogP contribution is 2.33. The first-order valence-electron chi connectivity index (χ1n) is 11.1. The monoisotopic (exact) mass is 528 g/mol. The molecule has 192 valence electrons. The normalized spacial score (nSPS) is 11.3. The first-order chi connectivity index (χ1) is 17.8. The Bertz CT molecular complexity index is 1390. The van der Waals surface area contributed by atoms with Crippen LogP contribution in [0.5, 0.6) is 11.5 Å². The van der Waals surface area contributed by atoms with Crippen molar-refractivity contribution in [3.63, 3.8) is 0 Å². The standard InChI is InChI=1S/C26H23F3N4O3S/c1-35-20-10-6-8-18(14-20)24(34)30-15-23-31-32-25(33(23)21-11-3-4-12-22(21)36-2)37-16-17-7-5-9-19(13-17)26(27,28)29/h3-14H,15-16H2,1-2H3,(H,30,34). The number of halogens is 3. The first-order valence-corrected chi connectivity index (χ1v) is 12.1. The number of benzene rings is 3. The number of hydrogen-bond donors (Lipinski definition) is 1. The number of ether oxygens (including phenoxy) is 2. The van der Waals surface area contributed by atoms with Crippen LogP contribution in [0.4, 0.5) is 13.2 Å². The van der Waals surface area contributed by atoms with E-state index < -0.39 is 11.7 Å². The molecule has 0 aliphatic carbocycles. The number of nitrogens with zero attached hydrogens (tertiary/aromatic N) is 3. The molecule has 7 nitrogen and oxygen atoms in total. The van der Waals surface area contributed by atoms with Crippen LogP contribution in [0.3, 0.4) is 0 Å². The lowest BCUT2D eigenvalue weighted by Gasteiger charge is -2.14. The molecular weight excluding hydrogens is 505 g/mol. The summed E-state index contributed by atoms with van der Waals surface area (Å²) < 4.78 is 51.8. The van der Waals surface area contributed by atoms with Crippen molar-refractivity contribution in [2.75, 3.05) is 14.2 Å². The molecule has 1 aromatic heterocycles.